The summed E-state index contributed by atoms with van der Waals surface area (Å²) in [4.78, 5) is 0. The Bertz CT molecular complexity index is 74.0. The zero-order valence-electron chi connectivity index (χ0n) is 7.28. The fourth-order valence-corrected chi connectivity index (χ4v) is 1.93. The van der Waals surface area contributed by atoms with E-state index in [0.717, 1.165) is 3.92 Å². The van der Waals surface area contributed by atoms with Crippen molar-refractivity contribution < 1.29 is 0 Å². The Labute approximate surface area is 98.2 Å². The maximum absolute atomic E-state index is 2.56. The zero-order valence-corrected chi connectivity index (χ0v) is 11.6. The summed E-state index contributed by atoms with van der Waals surface area (Å²) in [7, 11) is 0. The molecule has 1 unspecified atom stereocenters. The first kappa shape index (κ1) is 12.5. The van der Waals surface area contributed by atoms with E-state index in [1.165, 1.54) is 43.0 Å². The van der Waals surface area contributed by atoms with E-state index in [4.69, 9.17) is 0 Å². The number of unbranched alkanes of at least 4 members (excludes halogenated alkanes) is 4. The minimum Gasteiger partial charge on any atom is -0.0852 e. The molecular formula is C9H18I2. The van der Waals surface area contributed by atoms with Gasteiger partial charge in [-0.15, -0.1) is 0 Å². The SMILES string of the molecule is CCCCCCCC(I)CI. The lowest BCUT2D eigenvalue weighted by molar-refractivity contribution is 0.613. The van der Waals surface area contributed by atoms with Crippen LogP contribution < -0.4 is 0 Å². The maximum Gasteiger partial charge on any atom is 0.0199 e. The van der Waals surface area contributed by atoms with Gasteiger partial charge in [-0.3, -0.25) is 0 Å². The molecule has 0 aliphatic heterocycles. The fraction of sp³-hybridized carbons (Fsp3) is 1.00. The smallest absolute Gasteiger partial charge is 0.0199 e. The van der Waals surface area contributed by atoms with E-state index in [1.54, 1.807) is 0 Å². The van der Waals surface area contributed by atoms with Crippen molar-refractivity contribution in [3.05, 3.63) is 0 Å². The van der Waals surface area contributed by atoms with Gasteiger partial charge in [-0.05, 0) is 6.42 Å². The monoisotopic (exact) mass is 380 g/mol. The van der Waals surface area contributed by atoms with Gasteiger partial charge in [0.05, 0.1) is 0 Å². The third-order valence-electron chi connectivity index (χ3n) is 1.79. The van der Waals surface area contributed by atoms with Crippen LogP contribution >= 0.6 is 45.2 Å². The van der Waals surface area contributed by atoms with Gasteiger partial charge in [0.2, 0.25) is 0 Å². The molecule has 0 aliphatic carbocycles. The highest BCUT2D eigenvalue weighted by Crippen LogP contribution is 2.14. The lowest BCUT2D eigenvalue weighted by atomic mass is 10.1. The van der Waals surface area contributed by atoms with E-state index in [0.29, 0.717) is 0 Å². The van der Waals surface area contributed by atoms with Crippen molar-refractivity contribution in [2.24, 2.45) is 0 Å². The predicted molar refractivity (Wildman–Crippen MR) is 70.1 cm³/mol. The Morgan fingerprint density at radius 2 is 1.73 bits per heavy atom. The van der Waals surface area contributed by atoms with Crippen LogP contribution in [0.5, 0.6) is 0 Å². The Hall–Kier alpha value is 1.46. The van der Waals surface area contributed by atoms with Crippen LogP contribution in [0, 0.1) is 0 Å². The van der Waals surface area contributed by atoms with Crippen molar-refractivity contribution in [1.82, 2.24) is 0 Å². The second-order valence-electron chi connectivity index (χ2n) is 2.95. The van der Waals surface area contributed by atoms with Gasteiger partial charge in [0.1, 0.15) is 0 Å². The number of alkyl halides is 2. The molecule has 0 aromatic rings. The summed E-state index contributed by atoms with van der Waals surface area (Å²) in [6, 6.07) is 0. The Morgan fingerprint density at radius 3 is 2.27 bits per heavy atom. The second kappa shape index (κ2) is 9.55. The van der Waals surface area contributed by atoms with Gasteiger partial charge in [0.25, 0.3) is 0 Å². The van der Waals surface area contributed by atoms with Gasteiger partial charge in [0, 0.05) is 8.35 Å². The largest absolute Gasteiger partial charge is 0.0852 e. The summed E-state index contributed by atoms with van der Waals surface area (Å²) in [6.07, 6.45) is 8.55. The first-order valence-corrected chi connectivity index (χ1v) is 7.28. The number of hydrogen-bond acceptors (Lipinski definition) is 0. The summed E-state index contributed by atoms with van der Waals surface area (Å²) < 4.78 is 2.22. The van der Waals surface area contributed by atoms with Gasteiger partial charge in [-0.25, -0.2) is 0 Å². The molecule has 0 radical (unpaired) electrons. The molecule has 0 nitrogen and oxygen atoms in total. The van der Waals surface area contributed by atoms with Crippen LogP contribution in [0.1, 0.15) is 45.4 Å². The average Bonchev–Trinajstić information content (AvgIpc) is 2.04. The maximum atomic E-state index is 2.56. The highest BCUT2D eigenvalue weighted by Gasteiger charge is 1.99. The van der Waals surface area contributed by atoms with Crippen molar-refractivity contribution in [2.75, 3.05) is 4.43 Å². The molecule has 0 amide bonds. The van der Waals surface area contributed by atoms with Crippen LogP contribution in [0.25, 0.3) is 0 Å². The standard InChI is InChI=1S/C9H18I2/c1-2-3-4-5-6-7-9(11)8-10/h9H,2-8H2,1H3. The topological polar surface area (TPSA) is 0 Å². The summed E-state index contributed by atoms with van der Waals surface area (Å²) in [5.41, 5.74) is 0. The quantitative estimate of drug-likeness (QED) is 0.345. The molecule has 68 valence electrons. The lowest BCUT2D eigenvalue weighted by Gasteiger charge is -2.04. The second-order valence-corrected chi connectivity index (χ2v) is 5.60. The molecular weight excluding hydrogens is 362 g/mol. The fourth-order valence-electron chi connectivity index (χ4n) is 1.05. The summed E-state index contributed by atoms with van der Waals surface area (Å²) in [6.45, 7) is 2.27. The highest BCUT2D eigenvalue weighted by atomic mass is 127. The molecule has 0 saturated carbocycles. The molecule has 0 saturated heterocycles. The van der Waals surface area contributed by atoms with Crippen LogP contribution in [0.2, 0.25) is 0 Å². The van der Waals surface area contributed by atoms with E-state index >= 15 is 0 Å². The van der Waals surface area contributed by atoms with E-state index in [1.807, 2.05) is 0 Å². The number of rotatable bonds is 7. The van der Waals surface area contributed by atoms with Crippen LogP contribution in [0.4, 0.5) is 0 Å². The lowest BCUT2D eigenvalue weighted by Crippen LogP contribution is -1.97. The Morgan fingerprint density at radius 1 is 1.09 bits per heavy atom. The average molecular weight is 380 g/mol. The summed E-state index contributed by atoms with van der Waals surface area (Å²) in [5.74, 6) is 0. The third-order valence-corrected chi connectivity index (χ3v) is 5.60. The van der Waals surface area contributed by atoms with Gasteiger partial charge in [-0.2, -0.15) is 0 Å². The van der Waals surface area contributed by atoms with Crippen LogP contribution in [-0.4, -0.2) is 8.35 Å². The molecule has 0 aromatic carbocycles. The molecule has 11 heavy (non-hydrogen) atoms. The molecule has 0 heterocycles. The van der Waals surface area contributed by atoms with E-state index in [-0.39, 0.29) is 0 Å². The molecule has 0 bridgehead atoms. The third kappa shape index (κ3) is 9.37. The van der Waals surface area contributed by atoms with Gasteiger partial charge >= 0.3 is 0 Å². The molecule has 0 N–H and O–H groups in total. The minimum atomic E-state index is 0.912. The van der Waals surface area contributed by atoms with Gasteiger partial charge in [-0.1, -0.05) is 84.2 Å². The number of halogens is 2. The van der Waals surface area contributed by atoms with Crippen LogP contribution in [0.3, 0.4) is 0 Å². The van der Waals surface area contributed by atoms with Crippen LogP contribution in [0.15, 0.2) is 0 Å². The summed E-state index contributed by atoms with van der Waals surface area (Å²) in [5, 5.41) is 0. The van der Waals surface area contributed by atoms with Crippen LogP contribution in [-0.2, 0) is 0 Å². The Balaban J connectivity index is 2.89. The van der Waals surface area contributed by atoms with Gasteiger partial charge in [0.15, 0.2) is 0 Å². The van der Waals surface area contributed by atoms with E-state index < -0.39 is 0 Å². The van der Waals surface area contributed by atoms with Crippen molar-refractivity contribution in [1.29, 1.82) is 0 Å². The van der Waals surface area contributed by atoms with E-state index in [9.17, 15) is 0 Å². The van der Waals surface area contributed by atoms with Crippen molar-refractivity contribution >= 4 is 45.2 Å². The normalized spacial score (nSPS) is 13.4. The highest BCUT2D eigenvalue weighted by molar-refractivity contribution is 14.1. The van der Waals surface area contributed by atoms with Crippen molar-refractivity contribution in [3.63, 3.8) is 0 Å². The summed E-state index contributed by atoms with van der Waals surface area (Å²) >= 11 is 5.03. The molecule has 0 aliphatic rings. The number of hydrogen-bond donors (Lipinski definition) is 0. The molecule has 0 fully saturated rings. The first-order chi connectivity index (χ1) is 5.31. The predicted octanol–water partition coefficient (Wildman–Crippen LogP) is 4.59. The van der Waals surface area contributed by atoms with Crippen molar-refractivity contribution in [3.8, 4) is 0 Å². The Kier molecular flexibility index (Phi) is 10.8. The molecule has 2 heteroatoms. The molecule has 0 spiro atoms. The molecule has 0 aromatic heterocycles. The minimum absolute atomic E-state index is 0.912. The first-order valence-electron chi connectivity index (χ1n) is 4.51. The van der Waals surface area contributed by atoms with E-state index in [2.05, 4.69) is 52.1 Å². The molecule has 1 atom stereocenters. The van der Waals surface area contributed by atoms with Gasteiger partial charge < -0.3 is 0 Å². The van der Waals surface area contributed by atoms with Crippen molar-refractivity contribution in [2.45, 2.75) is 49.4 Å². The zero-order chi connectivity index (χ0) is 8.53. The molecule has 0 rings (SSSR count).